The number of nitrogens with zero attached hydrogens (tertiary/aromatic N) is 2. The Morgan fingerprint density at radius 1 is 1.07 bits per heavy atom. The van der Waals surface area contributed by atoms with Gasteiger partial charge in [0.25, 0.3) is 0 Å². The number of pyridine rings is 1. The number of carboxylic acids is 1. The van der Waals surface area contributed by atoms with Gasteiger partial charge in [-0.1, -0.05) is 77.2 Å². The fourth-order valence-corrected chi connectivity index (χ4v) is 3.84. The second-order valence-corrected chi connectivity index (χ2v) is 8.10. The Hall–Kier alpha value is -1.42. The van der Waals surface area contributed by atoms with Crippen LogP contribution in [0.25, 0.3) is 0 Å². The predicted molar refractivity (Wildman–Crippen MR) is 118 cm³/mol. The molecule has 1 fully saturated rings. The van der Waals surface area contributed by atoms with E-state index >= 15 is 0 Å². The number of rotatable bonds is 13. The Bertz CT molecular complexity index is 493. The van der Waals surface area contributed by atoms with E-state index in [0.717, 1.165) is 12.8 Å². The molecule has 0 unspecified atom stereocenters. The fourth-order valence-electron chi connectivity index (χ4n) is 3.84. The molecule has 1 saturated heterocycles. The number of unbranched alkanes of at least 4 members (excludes halogenated alkanes) is 10. The van der Waals surface area contributed by atoms with Gasteiger partial charge in [-0.15, -0.1) is 0 Å². The highest BCUT2D eigenvalue weighted by molar-refractivity contribution is 5.66. The van der Waals surface area contributed by atoms with E-state index in [9.17, 15) is 4.79 Å². The molecule has 1 atom stereocenters. The van der Waals surface area contributed by atoms with Gasteiger partial charge < -0.3 is 5.11 Å². The smallest absolute Gasteiger partial charge is 0.303 e. The van der Waals surface area contributed by atoms with Crippen molar-refractivity contribution >= 4 is 5.97 Å². The standard InChI is InChI=1S/C14H28O2.C10H14N2/c1-2-3-4-5-6-7-8-9-10-11-12-13-14(15)16;1-12-7-3-5-10(12)9-4-2-6-11-8-9/h2-13H2,1H3,(H,15,16);2,4,6,8,10H,3,5,7H2,1H3/t;10-/m.0/s1. The highest BCUT2D eigenvalue weighted by Gasteiger charge is 2.21. The fraction of sp³-hybridized carbons (Fsp3) is 0.750. The highest BCUT2D eigenvalue weighted by atomic mass is 16.4. The first-order valence-corrected chi connectivity index (χ1v) is 11.5. The first kappa shape index (κ1) is 24.6. The Morgan fingerprint density at radius 3 is 2.14 bits per heavy atom. The maximum Gasteiger partial charge on any atom is 0.303 e. The summed E-state index contributed by atoms with van der Waals surface area (Å²) < 4.78 is 0. The number of likely N-dealkylation sites (tertiary alicyclic amines) is 1. The number of carbonyl (C=O) groups is 1. The predicted octanol–water partition coefficient (Wildman–Crippen LogP) is 6.62. The van der Waals surface area contributed by atoms with Crippen LogP contribution in [0.5, 0.6) is 0 Å². The molecule has 0 amide bonds. The van der Waals surface area contributed by atoms with Crippen LogP contribution in [0.2, 0.25) is 0 Å². The number of carboxylic acid groups (broad SMARTS) is 1. The average Bonchev–Trinajstić information content (AvgIpc) is 3.13. The van der Waals surface area contributed by atoms with E-state index in [2.05, 4.69) is 29.9 Å². The first-order valence-electron chi connectivity index (χ1n) is 11.5. The van der Waals surface area contributed by atoms with Gasteiger partial charge in [-0.2, -0.15) is 0 Å². The molecule has 0 radical (unpaired) electrons. The molecule has 1 aromatic rings. The van der Waals surface area contributed by atoms with Gasteiger partial charge >= 0.3 is 5.97 Å². The summed E-state index contributed by atoms with van der Waals surface area (Å²) in [5, 5.41) is 8.46. The second-order valence-electron chi connectivity index (χ2n) is 8.10. The van der Waals surface area contributed by atoms with Crippen molar-refractivity contribution in [2.75, 3.05) is 13.6 Å². The van der Waals surface area contributed by atoms with Gasteiger partial charge in [0.05, 0.1) is 0 Å². The third-order valence-electron chi connectivity index (χ3n) is 5.58. The molecule has 160 valence electrons. The highest BCUT2D eigenvalue weighted by Crippen LogP contribution is 2.29. The third kappa shape index (κ3) is 12.1. The Kier molecular flexibility index (Phi) is 14.5. The summed E-state index contributed by atoms with van der Waals surface area (Å²) in [6.07, 6.45) is 20.8. The van der Waals surface area contributed by atoms with Crippen molar-refractivity contribution in [2.45, 2.75) is 103 Å². The summed E-state index contributed by atoms with van der Waals surface area (Å²) >= 11 is 0. The maximum absolute atomic E-state index is 10.3. The van der Waals surface area contributed by atoms with Gasteiger partial charge in [-0.3, -0.25) is 14.7 Å². The maximum atomic E-state index is 10.3. The van der Waals surface area contributed by atoms with Crippen LogP contribution >= 0.6 is 0 Å². The molecule has 4 heteroatoms. The third-order valence-corrected chi connectivity index (χ3v) is 5.58. The van der Waals surface area contributed by atoms with Gasteiger partial charge in [-0.05, 0) is 44.5 Å². The van der Waals surface area contributed by atoms with Gasteiger partial charge in [0.15, 0.2) is 0 Å². The van der Waals surface area contributed by atoms with Gasteiger partial charge in [0.1, 0.15) is 0 Å². The molecule has 2 rings (SSSR count). The van der Waals surface area contributed by atoms with Crippen LogP contribution in [-0.2, 0) is 4.79 Å². The molecule has 0 spiro atoms. The van der Waals surface area contributed by atoms with Crippen LogP contribution in [0.4, 0.5) is 0 Å². The van der Waals surface area contributed by atoms with Gasteiger partial charge in [0, 0.05) is 24.9 Å². The van der Waals surface area contributed by atoms with Crippen molar-refractivity contribution in [2.24, 2.45) is 0 Å². The van der Waals surface area contributed by atoms with E-state index < -0.39 is 5.97 Å². The monoisotopic (exact) mass is 390 g/mol. The van der Waals surface area contributed by atoms with E-state index in [0.29, 0.717) is 12.5 Å². The summed E-state index contributed by atoms with van der Waals surface area (Å²) in [6.45, 7) is 3.47. The van der Waals surface area contributed by atoms with E-state index in [-0.39, 0.29) is 0 Å². The number of hydrogen-bond acceptors (Lipinski definition) is 3. The average molecular weight is 391 g/mol. The lowest BCUT2D eigenvalue weighted by molar-refractivity contribution is -0.137. The summed E-state index contributed by atoms with van der Waals surface area (Å²) in [4.78, 5) is 16.8. The van der Waals surface area contributed by atoms with Crippen LogP contribution in [0.1, 0.15) is 108 Å². The largest absolute Gasteiger partial charge is 0.481 e. The molecular weight excluding hydrogens is 348 g/mol. The lowest BCUT2D eigenvalue weighted by atomic mass is 10.1. The number of aromatic nitrogens is 1. The summed E-state index contributed by atoms with van der Waals surface area (Å²) in [5.41, 5.74) is 1.36. The van der Waals surface area contributed by atoms with Crippen LogP contribution in [0.15, 0.2) is 24.5 Å². The molecule has 0 aliphatic carbocycles. The summed E-state index contributed by atoms with van der Waals surface area (Å²) in [5.74, 6) is -0.657. The molecule has 0 saturated carbocycles. The molecule has 1 aromatic heterocycles. The Morgan fingerprint density at radius 2 is 1.68 bits per heavy atom. The quantitative estimate of drug-likeness (QED) is 0.384. The van der Waals surface area contributed by atoms with E-state index in [1.54, 1.807) is 0 Å². The zero-order valence-electron chi connectivity index (χ0n) is 18.2. The molecule has 1 N–H and O–H groups in total. The molecule has 0 aromatic carbocycles. The molecule has 0 bridgehead atoms. The Balaban J connectivity index is 0.000000289. The van der Waals surface area contributed by atoms with Gasteiger partial charge in [0.2, 0.25) is 0 Å². The molecule has 4 nitrogen and oxygen atoms in total. The van der Waals surface area contributed by atoms with Crippen LogP contribution in [0.3, 0.4) is 0 Å². The summed E-state index contributed by atoms with van der Waals surface area (Å²) in [7, 11) is 2.19. The molecule has 2 heterocycles. The normalized spacial score (nSPS) is 16.6. The topological polar surface area (TPSA) is 53.4 Å². The van der Waals surface area contributed by atoms with Crippen molar-refractivity contribution in [3.8, 4) is 0 Å². The molecule has 1 aliphatic rings. The zero-order chi connectivity index (χ0) is 20.5. The first-order chi connectivity index (χ1) is 13.6. The van der Waals surface area contributed by atoms with E-state index in [1.807, 2.05) is 18.5 Å². The lowest BCUT2D eigenvalue weighted by Crippen LogP contribution is -2.17. The van der Waals surface area contributed by atoms with E-state index in [4.69, 9.17) is 5.11 Å². The van der Waals surface area contributed by atoms with Crippen LogP contribution < -0.4 is 0 Å². The van der Waals surface area contributed by atoms with Crippen molar-refractivity contribution < 1.29 is 9.90 Å². The SMILES string of the molecule is CCCCCCCCCCCCCC(=O)O.CN1CCC[C@H]1c1cccnc1. The molecular formula is C24H42N2O2. The minimum atomic E-state index is -0.657. The number of aliphatic carboxylic acids is 1. The molecule has 28 heavy (non-hydrogen) atoms. The van der Waals surface area contributed by atoms with Crippen molar-refractivity contribution in [1.82, 2.24) is 9.88 Å². The minimum absolute atomic E-state index is 0.344. The molecule has 1 aliphatic heterocycles. The van der Waals surface area contributed by atoms with Gasteiger partial charge in [-0.25, -0.2) is 0 Å². The second kappa shape index (κ2) is 16.5. The van der Waals surface area contributed by atoms with Crippen LogP contribution in [-0.4, -0.2) is 34.6 Å². The summed E-state index contributed by atoms with van der Waals surface area (Å²) in [6, 6.07) is 4.79. The Labute approximate surface area is 172 Å². The van der Waals surface area contributed by atoms with Crippen LogP contribution in [0, 0.1) is 0 Å². The minimum Gasteiger partial charge on any atom is -0.481 e. The van der Waals surface area contributed by atoms with E-state index in [1.165, 1.54) is 82.7 Å². The van der Waals surface area contributed by atoms with Crippen molar-refractivity contribution in [1.29, 1.82) is 0 Å². The van der Waals surface area contributed by atoms with Crippen molar-refractivity contribution in [3.63, 3.8) is 0 Å². The van der Waals surface area contributed by atoms with Crippen molar-refractivity contribution in [3.05, 3.63) is 30.1 Å². The zero-order valence-corrected chi connectivity index (χ0v) is 18.2. The number of hydrogen-bond donors (Lipinski definition) is 1. The lowest BCUT2D eigenvalue weighted by Gasteiger charge is -2.18.